The second-order valence-corrected chi connectivity index (χ2v) is 2.80. The van der Waals surface area contributed by atoms with E-state index in [2.05, 4.69) is 10.5 Å². The van der Waals surface area contributed by atoms with Gasteiger partial charge in [-0.2, -0.15) is 5.10 Å². The van der Waals surface area contributed by atoms with Gasteiger partial charge in [-0.05, 0) is 12.1 Å². The number of nitrogens with one attached hydrogen (secondary N) is 1. The van der Waals surface area contributed by atoms with Crippen LogP contribution in [0.25, 0.3) is 0 Å². The number of Topliss-reactive ketones (excluding diaryl/α,β-unsaturated/α-hetero) is 1. The molecule has 0 fully saturated rings. The van der Waals surface area contributed by atoms with Gasteiger partial charge in [0.2, 0.25) is 5.71 Å². The summed E-state index contributed by atoms with van der Waals surface area (Å²) in [7, 11) is 0. The zero-order valence-corrected chi connectivity index (χ0v) is 8.10. The highest BCUT2D eigenvalue weighted by molar-refractivity contribution is 6.63. The van der Waals surface area contributed by atoms with E-state index in [9.17, 15) is 9.59 Å². The minimum absolute atomic E-state index is 0.515. The molecule has 0 bridgehead atoms. The Morgan fingerprint density at radius 1 is 1.27 bits per heavy atom. The molecule has 1 aromatic carbocycles. The number of benzene rings is 1. The average Bonchev–Trinajstić information content (AvgIpc) is 2.18. The van der Waals surface area contributed by atoms with Crippen molar-refractivity contribution in [3.8, 4) is 0 Å². The van der Waals surface area contributed by atoms with E-state index < -0.39 is 17.5 Å². The number of hydrazone groups is 1. The van der Waals surface area contributed by atoms with Crippen LogP contribution in [0.1, 0.15) is 6.92 Å². The van der Waals surface area contributed by atoms with Gasteiger partial charge in [-0.15, -0.1) is 0 Å². The van der Waals surface area contributed by atoms with Gasteiger partial charge >= 0.3 is 5.97 Å². The van der Waals surface area contributed by atoms with Crippen molar-refractivity contribution in [1.29, 1.82) is 0 Å². The second-order valence-electron chi connectivity index (χ2n) is 2.80. The Kier molecular flexibility index (Phi) is 3.56. The molecule has 78 valence electrons. The molecule has 0 aromatic heterocycles. The Labute approximate surface area is 86.4 Å². The largest absolute Gasteiger partial charge is 0.476 e. The average molecular weight is 206 g/mol. The van der Waals surface area contributed by atoms with Crippen LogP contribution in [0, 0.1) is 0 Å². The van der Waals surface area contributed by atoms with Crippen LogP contribution < -0.4 is 5.43 Å². The highest BCUT2D eigenvalue weighted by Crippen LogP contribution is 2.04. The van der Waals surface area contributed by atoms with Crippen LogP contribution in [0.2, 0.25) is 0 Å². The Bertz CT molecular complexity index is 382. The summed E-state index contributed by atoms with van der Waals surface area (Å²) in [6.45, 7) is 1.15. The van der Waals surface area contributed by atoms with Crippen molar-refractivity contribution in [3.63, 3.8) is 0 Å². The lowest BCUT2D eigenvalue weighted by Gasteiger charge is -2.00. The molecule has 1 rings (SSSR count). The van der Waals surface area contributed by atoms with E-state index in [4.69, 9.17) is 5.11 Å². The number of carbonyl (C=O) groups is 2. The molecule has 5 nitrogen and oxygen atoms in total. The fraction of sp³-hybridized carbons (Fsp3) is 0.100. The second kappa shape index (κ2) is 4.90. The maximum Gasteiger partial charge on any atom is 0.360 e. The van der Waals surface area contributed by atoms with Crippen LogP contribution in [-0.4, -0.2) is 22.6 Å². The molecule has 0 aliphatic heterocycles. The van der Waals surface area contributed by atoms with E-state index in [0.29, 0.717) is 5.69 Å². The van der Waals surface area contributed by atoms with E-state index >= 15 is 0 Å². The van der Waals surface area contributed by atoms with Crippen LogP contribution in [0.3, 0.4) is 0 Å². The molecule has 0 unspecified atom stereocenters. The van der Waals surface area contributed by atoms with Gasteiger partial charge < -0.3 is 5.11 Å². The summed E-state index contributed by atoms with van der Waals surface area (Å²) in [4.78, 5) is 21.4. The maximum atomic E-state index is 10.9. The highest BCUT2D eigenvalue weighted by Gasteiger charge is 2.14. The summed E-state index contributed by atoms with van der Waals surface area (Å²) < 4.78 is 0. The number of anilines is 1. The van der Waals surface area contributed by atoms with Crippen molar-refractivity contribution >= 4 is 23.2 Å². The first-order valence-electron chi connectivity index (χ1n) is 4.24. The number of ketones is 1. The number of carboxylic acid groups (broad SMARTS) is 1. The summed E-state index contributed by atoms with van der Waals surface area (Å²) >= 11 is 0. The van der Waals surface area contributed by atoms with Gasteiger partial charge in [-0.1, -0.05) is 18.2 Å². The van der Waals surface area contributed by atoms with Crippen LogP contribution >= 0.6 is 0 Å². The quantitative estimate of drug-likeness (QED) is 0.439. The zero-order valence-electron chi connectivity index (χ0n) is 8.10. The first kappa shape index (κ1) is 10.9. The normalized spacial score (nSPS) is 10.9. The van der Waals surface area contributed by atoms with Gasteiger partial charge in [0, 0.05) is 6.92 Å². The molecule has 0 atom stereocenters. The number of para-hydroxylation sites is 1. The minimum atomic E-state index is -1.34. The summed E-state index contributed by atoms with van der Waals surface area (Å²) in [5.74, 6) is -1.93. The standard InChI is InChI=1S/C10H10N2O3/c1-7(13)9(10(14)15)12-11-8-5-3-2-4-6-8/h2-6,11H,1H3,(H,14,15). The molecule has 0 amide bonds. The molecule has 2 N–H and O–H groups in total. The van der Waals surface area contributed by atoms with Crippen LogP contribution in [0.4, 0.5) is 5.69 Å². The SMILES string of the molecule is CC(=O)C(=NNc1ccccc1)C(=O)O. The highest BCUT2D eigenvalue weighted by atomic mass is 16.4. The van der Waals surface area contributed by atoms with Gasteiger partial charge in [0.05, 0.1) is 5.69 Å². The molecular weight excluding hydrogens is 196 g/mol. The number of hydrogen-bond donors (Lipinski definition) is 2. The van der Waals surface area contributed by atoms with Crippen molar-refractivity contribution in [2.45, 2.75) is 6.92 Å². The molecule has 0 heterocycles. The Morgan fingerprint density at radius 2 is 1.87 bits per heavy atom. The first-order valence-corrected chi connectivity index (χ1v) is 4.24. The molecule has 0 saturated carbocycles. The lowest BCUT2D eigenvalue weighted by molar-refractivity contribution is -0.130. The van der Waals surface area contributed by atoms with Gasteiger partial charge in [-0.3, -0.25) is 10.2 Å². The molecule has 0 saturated heterocycles. The first-order chi connectivity index (χ1) is 7.11. The summed E-state index contributed by atoms with van der Waals surface area (Å²) in [5.41, 5.74) is 2.60. The zero-order chi connectivity index (χ0) is 11.3. The van der Waals surface area contributed by atoms with E-state index in [-0.39, 0.29) is 0 Å². The third-order valence-corrected chi connectivity index (χ3v) is 1.61. The fourth-order valence-corrected chi connectivity index (χ4v) is 0.910. The fourth-order valence-electron chi connectivity index (χ4n) is 0.910. The smallest absolute Gasteiger partial charge is 0.360 e. The predicted molar refractivity (Wildman–Crippen MR) is 55.8 cm³/mol. The number of hydrogen-bond acceptors (Lipinski definition) is 4. The third-order valence-electron chi connectivity index (χ3n) is 1.61. The monoisotopic (exact) mass is 206 g/mol. The van der Waals surface area contributed by atoms with Gasteiger partial charge in [-0.25, -0.2) is 4.79 Å². The van der Waals surface area contributed by atoms with Crippen LogP contribution in [-0.2, 0) is 9.59 Å². The molecule has 1 aromatic rings. The van der Waals surface area contributed by atoms with E-state index in [1.54, 1.807) is 24.3 Å². The van der Waals surface area contributed by atoms with Crippen molar-refractivity contribution in [2.24, 2.45) is 5.10 Å². The third kappa shape index (κ3) is 3.22. The number of carboxylic acids is 1. The molecule has 0 spiro atoms. The summed E-state index contributed by atoms with van der Waals surface area (Å²) in [5, 5.41) is 12.1. The number of carbonyl (C=O) groups excluding carboxylic acids is 1. The maximum absolute atomic E-state index is 10.9. The molecule has 0 aliphatic rings. The molecule has 0 aliphatic carbocycles. The van der Waals surface area contributed by atoms with E-state index in [0.717, 1.165) is 6.92 Å². The van der Waals surface area contributed by atoms with E-state index in [1.807, 2.05) is 6.07 Å². The summed E-state index contributed by atoms with van der Waals surface area (Å²) in [6, 6.07) is 8.78. The van der Waals surface area contributed by atoms with Gasteiger partial charge in [0.1, 0.15) is 0 Å². The lowest BCUT2D eigenvalue weighted by Crippen LogP contribution is -2.22. The van der Waals surface area contributed by atoms with Gasteiger partial charge in [0.25, 0.3) is 0 Å². The molecular formula is C10H10N2O3. The van der Waals surface area contributed by atoms with Crippen LogP contribution in [0.5, 0.6) is 0 Å². The predicted octanol–water partition coefficient (Wildman–Crippen LogP) is 1.13. The van der Waals surface area contributed by atoms with E-state index in [1.165, 1.54) is 0 Å². The molecule has 15 heavy (non-hydrogen) atoms. The number of nitrogens with zero attached hydrogens (tertiary/aromatic N) is 1. The minimum Gasteiger partial charge on any atom is -0.476 e. The topological polar surface area (TPSA) is 78.8 Å². The Morgan fingerprint density at radius 3 is 2.33 bits per heavy atom. The van der Waals surface area contributed by atoms with Gasteiger partial charge in [0.15, 0.2) is 5.78 Å². The van der Waals surface area contributed by atoms with Crippen molar-refractivity contribution in [1.82, 2.24) is 0 Å². The number of rotatable bonds is 4. The van der Waals surface area contributed by atoms with Crippen molar-refractivity contribution < 1.29 is 14.7 Å². The molecule has 0 radical (unpaired) electrons. The summed E-state index contributed by atoms with van der Waals surface area (Å²) in [6.07, 6.45) is 0. The Hall–Kier alpha value is -2.17. The molecule has 5 heteroatoms. The van der Waals surface area contributed by atoms with Crippen molar-refractivity contribution in [3.05, 3.63) is 30.3 Å². The van der Waals surface area contributed by atoms with Crippen molar-refractivity contribution in [2.75, 3.05) is 5.43 Å². The Balaban J connectivity index is 2.79. The number of aliphatic carboxylic acids is 1. The lowest BCUT2D eigenvalue weighted by atomic mass is 10.3. The van der Waals surface area contributed by atoms with Crippen LogP contribution in [0.15, 0.2) is 35.4 Å².